The number of para-hydroxylation sites is 1. The number of hydrogen-bond donors (Lipinski definition) is 2. The van der Waals surface area contributed by atoms with Gasteiger partial charge in [0.1, 0.15) is 23.2 Å². The first kappa shape index (κ1) is 16.9. The van der Waals surface area contributed by atoms with Gasteiger partial charge in [-0.15, -0.1) is 0 Å². The van der Waals surface area contributed by atoms with Gasteiger partial charge in [0.2, 0.25) is 0 Å². The molecule has 0 bridgehead atoms. The van der Waals surface area contributed by atoms with Gasteiger partial charge in [-0.3, -0.25) is 4.79 Å². The molecule has 0 fully saturated rings. The molecule has 0 atom stereocenters. The van der Waals surface area contributed by atoms with Crippen molar-refractivity contribution in [2.45, 2.75) is 33.1 Å². The number of rotatable bonds is 7. The minimum Gasteiger partial charge on any atom is -0.370 e. The lowest BCUT2D eigenvalue weighted by molar-refractivity contribution is 0.102. The number of hydrogen-bond acceptors (Lipinski definition) is 4. The summed E-state index contributed by atoms with van der Waals surface area (Å²) < 4.78 is 13.6. The third-order valence-electron chi connectivity index (χ3n) is 3.28. The standard InChI is InChI=1S/C17H21FN4O/c1-3-4-7-10-19-16-11-15(20-12(2)21-16)17(23)22-14-9-6-5-8-13(14)18/h5-6,8-9,11H,3-4,7,10H2,1-2H3,(H,22,23)(H,19,20,21). The van der Waals surface area contributed by atoms with Crippen molar-refractivity contribution in [3.05, 3.63) is 47.7 Å². The molecule has 6 heteroatoms. The number of aryl methyl sites for hydroxylation is 1. The predicted molar refractivity (Wildman–Crippen MR) is 89.1 cm³/mol. The molecular weight excluding hydrogens is 295 g/mol. The minimum absolute atomic E-state index is 0.131. The summed E-state index contributed by atoms with van der Waals surface area (Å²) in [4.78, 5) is 20.6. The Morgan fingerprint density at radius 1 is 1.22 bits per heavy atom. The van der Waals surface area contributed by atoms with E-state index in [1.165, 1.54) is 12.1 Å². The van der Waals surface area contributed by atoms with Crippen LogP contribution in [0.1, 0.15) is 42.5 Å². The van der Waals surface area contributed by atoms with Crippen molar-refractivity contribution in [2.75, 3.05) is 17.2 Å². The van der Waals surface area contributed by atoms with E-state index in [0.717, 1.165) is 25.8 Å². The van der Waals surface area contributed by atoms with Crippen LogP contribution in [0.2, 0.25) is 0 Å². The van der Waals surface area contributed by atoms with Crippen LogP contribution in [-0.2, 0) is 0 Å². The van der Waals surface area contributed by atoms with Gasteiger partial charge in [-0.2, -0.15) is 0 Å². The first-order chi connectivity index (χ1) is 11.1. The summed E-state index contributed by atoms with van der Waals surface area (Å²) in [5.41, 5.74) is 0.338. The molecule has 1 aromatic heterocycles. The fourth-order valence-electron chi connectivity index (χ4n) is 2.11. The van der Waals surface area contributed by atoms with Gasteiger partial charge in [-0.1, -0.05) is 31.9 Å². The molecular formula is C17H21FN4O. The quantitative estimate of drug-likeness (QED) is 0.763. The van der Waals surface area contributed by atoms with Gasteiger partial charge in [0.15, 0.2) is 0 Å². The Bertz CT molecular complexity index is 675. The minimum atomic E-state index is -0.482. The van der Waals surface area contributed by atoms with Gasteiger partial charge in [-0.25, -0.2) is 14.4 Å². The molecule has 2 N–H and O–H groups in total. The molecule has 0 spiro atoms. The number of aromatic nitrogens is 2. The zero-order chi connectivity index (χ0) is 16.7. The van der Waals surface area contributed by atoms with Gasteiger partial charge in [0.25, 0.3) is 5.91 Å². The molecule has 0 radical (unpaired) electrons. The van der Waals surface area contributed by atoms with Gasteiger partial charge in [-0.05, 0) is 25.5 Å². The lowest BCUT2D eigenvalue weighted by Gasteiger charge is -2.09. The van der Waals surface area contributed by atoms with Crippen molar-refractivity contribution in [1.29, 1.82) is 0 Å². The van der Waals surface area contributed by atoms with Gasteiger partial charge in [0, 0.05) is 12.6 Å². The van der Waals surface area contributed by atoms with Gasteiger partial charge >= 0.3 is 0 Å². The lowest BCUT2D eigenvalue weighted by Crippen LogP contribution is -2.16. The molecule has 5 nitrogen and oxygen atoms in total. The molecule has 1 amide bonds. The molecule has 23 heavy (non-hydrogen) atoms. The van der Waals surface area contributed by atoms with E-state index in [1.807, 2.05) is 0 Å². The molecule has 0 aliphatic carbocycles. The number of nitrogens with zero attached hydrogens (tertiary/aromatic N) is 2. The van der Waals surface area contributed by atoms with Gasteiger partial charge < -0.3 is 10.6 Å². The van der Waals surface area contributed by atoms with E-state index in [-0.39, 0.29) is 11.4 Å². The highest BCUT2D eigenvalue weighted by Crippen LogP contribution is 2.14. The van der Waals surface area contributed by atoms with Crippen LogP contribution >= 0.6 is 0 Å². The van der Waals surface area contributed by atoms with E-state index in [1.54, 1.807) is 25.1 Å². The van der Waals surface area contributed by atoms with Crippen molar-refractivity contribution >= 4 is 17.4 Å². The summed E-state index contributed by atoms with van der Waals surface area (Å²) in [6, 6.07) is 7.60. The molecule has 2 aromatic rings. The first-order valence-electron chi connectivity index (χ1n) is 7.75. The van der Waals surface area contributed by atoms with E-state index >= 15 is 0 Å². The molecule has 1 heterocycles. The van der Waals surface area contributed by atoms with Gasteiger partial charge in [0.05, 0.1) is 5.69 Å². The third-order valence-corrected chi connectivity index (χ3v) is 3.28. The van der Waals surface area contributed by atoms with Crippen LogP contribution in [-0.4, -0.2) is 22.4 Å². The van der Waals surface area contributed by atoms with Crippen LogP contribution in [0.15, 0.2) is 30.3 Å². The number of carbonyl (C=O) groups is 1. The first-order valence-corrected chi connectivity index (χ1v) is 7.75. The van der Waals surface area contributed by atoms with Crippen LogP contribution in [0.5, 0.6) is 0 Å². The summed E-state index contributed by atoms with van der Waals surface area (Å²) in [6.07, 6.45) is 3.31. The Kier molecular flexibility index (Phi) is 6.02. The van der Waals surface area contributed by atoms with Crippen molar-refractivity contribution < 1.29 is 9.18 Å². The number of halogens is 1. The average Bonchev–Trinajstić information content (AvgIpc) is 2.53. The lowest BCUT2D eigenvalue weighted by atomic mass is 10.2. The second-order valence-electron chi connectivity index (χ2n) is 5.25. The summed E-state index contributed by atoms with van der Waals surface area (Å²) in [5, 5.41) is 5.71. The second-order valence-corrected chi connectivity index (χ2v) is 5.25. The number of anilines is 2. The van der Waals surface area contributed by atoms with Crippen molar-refractivity contribution in [3.63, 3.8) is 0 Å². The number of amides is 1. The van der Waals surface area contributed by atoms with Crippen LogP contribution in [0.25, 0.3) is 0 Å². The average molecular weight is 316 g/mol. The Hall–Kier alpha value is -2.50. The van der Waals surface area contributed by atoms with Crippen LogP contribution in [0.4, 0.5) is 15.9 Å². The Morgan fingerprint density at radius 3 is 2.74 bits per heavy atom. The maximum atomic E-state index is 13.6. The molecule has 122 valence electrons. The van der Waals surface area contributed by atoms with Crippen molar-refractivity contribution in [3.8, 4) is 0 Å². The molecule has 1 aromatic carbocycles. The highest BCUT2D eigenvalue weighted by molar-refractivity contribution is 6.03. The zero-order valence-corrected chi connectivity index (χ0v) is 13.4. The van der Waals surface area contributed by atoms with Crippen molar-refractivity contribution in [2.24, 2.45) is 0 Å². The molecule has 2 rings (SSSR count). The fraction of sp³-hybridized carbons (Fsp3) is 0.353. The fourth-order valence-corrected chi connectivity index (χ4v) is 2.11. The molecule has 0 saturated heterocycles. The maximum absolute atomic E-state index is 13.6. The Morgan fingerprint density at radius 2 is 2.00 bits per heavy atom. The van der Waals surface area contributed by atoms with E-state index in [2.05, 4.69) is 27.5 Å². The third kappa shape index (κ3) is 5.02. The predicted octanol–water partition coefficient (Wildman–Crippen LogP) is 3.78. The van der Waals surface area contributed by atoms with E-state index in [9.17, 15) is 9.18 Å². The van der Waals surface area contributed by atoms with Crippen LogP contribution in [0.3, 0.4) is 0 Å². The van der Waals surface area contributed by atoms with E-state index in [4.69, 9.17) is 0 Å². The summed E-state index contributed by atoms with van der Waals surface area (Å²) >= 11 is 0. The summed E-state index contributed by atoms with van der Waals surface area (Å²) in [6.45, 7) is 4.65. The number of unbranched alkanes of at least 4 members (excludes halogenated alkanes) is 2. The second kappa shape index (κ2) is 8.22. The van der Waals surface area contributed by atoms with Crippen molar-refractivity contribution in [1.82, 2.24) is 9.97 Å². The normalized spacial score (nSPS) is 10.4. The number of carbonyl (C=O) groups excluding carboxylic acids is 1. The van der Waals surface area contributed by atoms with Crippen LogP contribution in [0, 0.1) is 12.7 Å². The van der Waals surface area contributed by atoms with E-state index < -0.39 is 11.7 Å². The molecule has 0 unspecified atom stereocenters. The Balaban J connectivity index is 2.08. The maximum Gasteiger partial charge on any atom is 0.274 e. The largest absolute Gasteiger partial charge is 0.370 e. The molecule has 0 aliphatic rings. The number of nitrogens with one attached hydrogen (secondary N) is 2. The molecule has 0 saturated carbocycles. The summed E-state index contributed by atoms with van der Waals surface area (Å²) in [7, 11) is 0. The topological polar surface area (TPSA) is 66.9 Å². The van der Waals surface area contributed by atoms with E-state index in [0.29, 0.717) is 11.6 Å². The highest BCUT2D eigenvalue weighted by atomic mass is 19.1. The number of benzene rings is 1. The SMILES string of the molecule is CCCCCNc1cc(C(=O)Nc2ccccc2F)nc(C)n1. The highest BCUT2D eigenvalue weighted by Gasteiger charge is 2.12. The zero-order valence-electron chi connectivity index (χ0n) is 13.4. The molecule has 0 aliphatic heterocycles. The Labute approximate surface area is 135 Å². The summed E-state index contributed by atoms with van der Waals surface area (Å²) in [5.74, 6) is 0.151. The monoisotopic (exact) mass is 316 g/mol. The van der Waals surface area contributed by atoms with Crippen LogP contribution < -0.4 is 10.6 Å². The smallest absolute Gasteiger partial charge is 0.274 e.